The van der Waals surface area contributed by atoms with Gasteiger partial charge in [0.15, 0.2) is 5.79 Å². The van der Waals surface area contributed by atoms with Gasteiger partial charge in [-0.3, -0.25) is 0 Å². The molecule has 1 unspecified atom stereocenters. The van der Waals surface area contributed by atoms with Gasteiger partial charge in [0.2, 0.25) is 0 Å². The SMILES string of the molecule is CC1(C)OCC(COCCc2ccccc2)O1. The Balaban J connectivity index is 1.61. The normalized spacial score (nSPS) is 22.8. The van der Waals surface area contributed by atoms with E-state index in [2.05, 4.69) is 12.1 Å². The molecule has 0 bridgehead atoms. The zero-order valence-electron chi connectivity index (χ0n) is 10.5. The number of hydrogen-bond donors (Lipinski definition) is 0. The van der Waals surface area contributed by atoms with Gasteiger partial charge in [0, 0.05) is 0 Å². The molecule has 0 radical (unpaired) electrons. The minimum absolute atomic E-state index is 0.0702. The largest absolute Gasteiger partial charge is 0.378 e. The maximum absolute atomic E-state index is 5.65. The maximum Gasteiger partial charge on any atom is 0.163 e. The van der Waals surface area contributed by atoms with E-state index >= 15 is 0 Å². The maximum atomic E-state index is 5.65. The monoisotopic (exact) mass is 236 g/mol. The predicted octanol–water partition coefficient (Wildman–Crippen LogP) is 2.40. The second-order valence-corrected chi connectivity index (χ2v) is 4.76. The molecule has 1 aliphatic heterocycles. The molecular weight excluding hydrogens is 216 g/mol. The van der Waals surface area contributed by atoms with Crippen LogP contribution < -0.4 is 0 Å². The Labute approximate surface area is 103 Å². The van der Waals surface area contributed by atoms with Crippen LogP contribution in [0.5, 0.6) is 0 Å². The Morgan fingerprint density at radius 3 is 2.71 bits per heavy atom. The highest BCUT2D eigenvalue weighted by Crippen LogP contribution is 2.22. The van der Waals surface area contributed by atoms with E-state index in [0.717, 1.165) is 13.0 Å². The molecule has 0 saturated carbocycles. The summed E-state index contributed by atoms with van der Waals surface area (Å²) < 4.78 is 16.7. The molecule has 94 valence electrons. The zero-order chi connectivity index (χ0) is 12.1. The Morgan fingerprint density at radius 1 is 1.29 bits per heavy atom. The molecule has 0 spiro atoms. The van der Waals surface area contributed by atoms with Crippen LogP contribution in [-0.2, 0) is 20.6 Å². The fourth-order valence-corrected chi connectivity index (χ4v) is 1.89. The summed E-state index contributed by atoms with van der Waals surface area (Å²) in [4.78, 5) is 0. The predicted molar refractivity (Wildman–Crippen MR) is 65.9 cm³/mol. The van der Waals surface area contributed by atoms with Gasteiger partial charge in [-0.15, -0.1) is 0 Å². The number of ether oxygens (including phenoxy) is 3. The third-order valence-corrected chi connectivity index (χ3v) is 2.75. The molecule has 0 aromatic heterocycles. The molecule has 0 N–H and O–H groups in total. The Hall–Kier alpha value is -0.900. The van der Waals surface area contributed by atoms with Gasteiger partial charge in [-0.05, 0) is 25.8 Å². The van der Waals surface area contributed by atoms with E-state index < -0.39 is 5.79 Å². The van der Waals surface area contributed by atoms with E-state index in [0.29, 0.717) is 13.2 Å². The van der Waals surface area contributed by atoms with Gasteiger partial charge in [-0.25, -0.2) is 0 Å². The average Bonchev–Trinajstić information content (AvgIpc) is 2.66. The lowest BCUT2D eigenvalue weighted by molar-refractivity contribution is -0.144. The standard InChI is InChI=1S/C14H20O3/c1-14(2)16-11-13(17-14)10-15-9-8-12-6-4-3-5-7-12/h3-7,13H,8-11H2,1-2H3. The first-order valence-electron chi connectivity index (χ1n) is 6.09. The second kappa shape index (κ2) is 5.63. The Kier molecular flexibility index (Phi) is 4.15. The molecule has 2 rings (SSSR count). The highest BCUT2D eigenvalue weighted by atomic mass is 16.7. The first kappa shape index (κ1) is 12.6. The first-order chi connectivity index (χ1) is 8.16. The van der Waals surface area contributed by atoms with Gasteiger partial charge >= 0.3 is 0 Å². The summed E-state index contributed by atoms with van der Waals surface area (Å²) in [6, 6.07) is 10.3. The lowest BCUT2D eigenvalue weighted by Gasteiger charge is -2.17. The van der Waals surface area contributed by atoms with Crippen LogP contribution in [0, 0.1) is 0 Å². The molecule has 1 aromatic carbocycles. The molecule has 1 aliphatic rings. The summed E-state index contributed by atoms with van der Waals surface area (Å²) in [6.45, 7) is 5.81. The molecule has 3 nitrogen and oxygen atoms in total. The molecular formula is C14H20O3. The highest BCUT2D eigenvalue weighted by Gasteiger charge is 2.32. The van der Waals surface area contributed by atoms with E-state index in [1.165, 1.54) is 5.56 Å². The van der Waals surface area contributed by atoms with Crippen LogP contribution in [-0.4, -0.2) is 31.7 Å². The molecule has 17 heavy (non-hydrogen) atoms. The van der Waals surface area contributed by atoms with Crippen LogP contribution >= 0.6 is 0 Å². The van der Waals surface area contributed by atoms with Crippen LogP contribution in [0.25, 0.3) is 0 Å². The third-order valence-electron chi connectivity index (χ3n) is 2.75. The van der Waals surface area contributed by atoms with Crippen LogP contribution in [0.15, 0.2) is 30.3 Å². The van der Waals surface area contributed by atoms with Gasteiger partial charge in [-0.1, -0.05) is 30.3 Å². The van der Waals surface area contributed by atoms with Crippen molar-refractivity contribution in [2.75, 3.05) is 19.8 Å². The van der Waals surface area contributed by atoms with Crippen molar-refractivity contribution in [3.8, 4) is 0 Å². The van der Waals surface area contributed by atoms with Crippen molar-refractivity contribution < 1.29 is 14.2 Å². The summed E-state index contributed by atoms with van der Waals surface area (Å²) in [5, 5.41) is 0. The number of hydrogen-bond acceptors (Lipinski definition) is 3. The number of benzene rings is 1. The van der Waals surface area contributed by atoms with Gasteiger partial charge in [0.1, 0.15) is 6.10 Å². The van der Waals surface area contributed by atoms with E-state index in [4.69, 9.17) is 14.2 Å². The quantitative estimate of drug-likeness (QED) is 0.735. The third kappa shape index (κ3) is 4.11. The summed E-state index contributed by atoms with van der Waals surface area (Å²) in [7, 11) is 0. The first-order valence-corrected chi connectivity index (χ1v) is 6.09. The fourth-order valence-electron chi connectivity index (χ4n) is 1.89. The molecule has 0 amide bonds. The van der Waals surface area contributed by atoms with Gasteiger partial charge < -0.3 is 14.2 Å². The van der Waals surface area contributed by atoms with E-state index in [-0.39, 0.29) is 6.10 Å². The minimum atomic E-state index is -0.451. The molecule has 1 saturated heterocycles. The van der Waals surface area contributed by atoms with Gasteiger partial charge in [0.25, 0.3) is 0 Å². The van der Waals surface area contributed by atoms with Crippen molar-refractivity contribution in [2.24, 2.45) is 0 Å². The van der Waals surface area contributed by atoms with Crippen LogP contribution in [0.1, 0.15) is 19.4 Å². The van der Waals surface area contributed by atoms with Crippen molar-refractivity contribution in [3.63, 3.8) is 0 Å². The molecule has 1 aromatic rings. The summed E-state index contributed by atoms with van der Waals surface area (Å²) in [5.74, 6) is -0.451. The van der Waals surface area contributed by atoms with Crippen molar-refractivity contribution >= 4 is 0 Å². The minimum Gasteiger partial charge on any atom is -0.378 e. The Morgan fingerprint density at radius 2 is 2.06 bits per heavy atom. The molecule has 1 heterocycles. The smallest absolute Gasteiger partial charge is 0.163 e. The van der Waals surface area contributed by atoms with E-state index in [9.17, 15) is 0 Å². The fraction of sp³-hybridized carbons (Fsp3) is 0.571. The lowest BCUT2D eigenvalue weighted by Crippen LogP contribution is -2.24. The molecule has 1 fully saturated rings. The summed E-state index contributed by atoms with van der Waals surface area (Å²) in [6.07, 6.45) is 1.01. The van der Waals surface area contributed by atoms with Crippen LogP contribution in [0.4, 0.5) is 0 Å². The average molecular weight is 236 g/mol. The summed E-state index contributed by atoms with van der Waals surface area (Å²) >= 11 is 0. The lowest BCUT2D eigenvalue weighted by atomic mass is 10.2. The molecule has 0 aliphatic carbocycles. The van der Waals surface area contributed by atoms with E-state index in [1.54, 1.807) is 0 Å². The van der Waals surface area contributed by atoms with Crippen LogP contribution in [0.2, 0.25) is 0 Å². The number of rotatable bonds is 5. The second-order valence-electron chi connectivity index (χ2n) is 4.76. The van der Waals surface area contributed by atoms with Crippen molar-refractivity contribution in [2.45, 2.75) is 32.2 Å². The zero-order valence-corrected chi connectivity index (χ0v) is 10.5. The van der Waals surface area contributed by atoms with E-state index in [1.807, 2.05) is 32.0 Å². The molecule has 3 heteroatoms. The van der Waals surface area contributed by atoms with Crippen molar-refractivity contribution in [1.29, 1.82) is 0 Å². The molecule has 1 atom stereocenters. The van der Waals surface area contributed by atoms with Gasteiger partial charge in [-0.2, -0.15) is 0 Å². The highest BCUT2D eigenvalue weighted by molar-refractivity contribution is 5.14. The van der Waals surface area contributed by atoms with Crippen molar-refractivity contribution in [1.82, 2.24) is 0 Å². The summed E-state index contributed by atoms with van der Waals surface area (Å²) in [5.41, 5.74) is 1.30. The van der Waals surface area contributed by atoms with Crippen LogP contribution in [0.3, 0.4) is 0 Å². The van der Waals surface area contributed by atoms with Gasteiger partial charge in [0.05, 0.1) is 19.8 Å². The Bertz CT molecular complexity index is 335. The topological polar surface area (TPSA) is 27.7 Å². The van der Waals surface area contributed by atoms with Crippen molar-refractivity contribution in [3.05, 3.63) is 35.9 Å².